The Hall–Kier alpha value is -0.600. The van der Waals surface area contributed by atoms with E-state index in [-0.39, 0.29) is 0 Å². The van der Waals surface area contributed by atoms with Crippen LogP contribution < -0.4 is 5.73 Å². The molecule has 0 saturated heterocycles. The van der Waals surface area contributed by atoms with Crippen LogP contribution in [0.2, 0.25) is 5.15 Å². The first-order chi connectivity index (χ1) is 6.27. The first-order valence-electron chi connectivity index (χ1n) is 4.63. The van der Waals surface area contributed by atoms with Crippen LogP contribution in [-0.2, 0) is 0 Å². The van der Waals surface area contributed by atoms with Gasteiger partial charge in [0.1, 0.15) is 5.15 Å². The quantitative estimate of drug-likeness (QED) is 0.701. The lowest BCUT2D eigenvalue weighted by Crippen LogP contribution is -2.14. The van der Waals surface area contributed by atoms with Crippen LogP contribution in [0.3, 0.4) is 0 Å². The van der Waals surface area contributed by atoms with E-state index < -0.39 is 0 Å². The smallest absolute Gasteiger partial charge is 0.132 e. The summed E-state index contributed by atoms with van der Waals surface area (Å²) in [4.78, 5) is 4.07. The van der Waals surface area contributed by atoms with Gasteiger partial charge in [-0.1, -0.05) is 17.7 Å². The third-order valence-corrected chi connectivity index (χ3v) is 3.02. The highest BCUT2D eigenvalue weighted by atomic mass is 35.5. The fourth-order valence-electron chi connectivity index (χ4n) is 2.00. The van der Waals surface area contributed by atoms with E-state index in [1.165, 1.54) is 0 Å². The predicted octanol–water partition coefficient (Wildman–Crippen LogP) is 2.33. The molecule has 1 heterocycles. The Balaban J connectivity index is 2.21. The van der Waals surface area contributed by atoms with Crippen molar-refractivity contribution in [3.8, 4) is 0 Å². The molecule has 1 aromatic rings. The summed E-state index contributed by atoms with van der Waals surface area (Å²) in [5, 5.41) is 0.640. The third kappa shape index (κ3) is 1.84. The minimum atomic E-state index is 0.348. The molecule has 70 valence electrons. The zero-order valence-corrected chi connectivity index (χ0v) is 8.17. The van der Waals surface area contributed by atoms with Crippen LogP contribution in [0.15, 0.2) is 18.3 Å². The number of hydrogen-bond acceptors (Lipinski definition) is 2. The van der Waals surface area contributed by atoms with E-state index >= 15 is 0 Å². The lowest BCUT2D eigenvalue weighted by Gasteiger charge is -2.10. The van der Waals surface area contributed by atoms with Crippen LogP contribution in [0.4, 0.5) is 0 Å². The number of pyridine rings is 1. The summed E-state index contributed by atoms with van der Waals surface area (Å²) in [6.45, 7) is 0. The van der Waals surface area contributed by atoms with Crippen molar-refractivity contribution < 1.29 is 0 Å². The molecule has 1 fully saturated rings. The molecule has 0 bridgehead atoms. The van der Waals surface area contributed by atoms with Gasteiger partial charge in [0.25, 0.3) is 0 Å². The van der Waals surface area contributed by atoms with Crippen LogP contribution in [0.25, 0.3) is 0 Å². The molecule has 1 saturated carbocycles. The predicted molar refractivity (Wildman–Crippen MR) is 53.8 cm³/mol. The molecule has 13 heavy (non-hydrogen) atoms. The molecule has 0 radical (unpaired) electrons. The maximum atomic E-state index is 6.00. The minimum absolute atomic E-state index is 0.348. The fourth-order valence-corrected chi connectivity index (χ4v) is 2.28. The lowest BCUT2D eigenvalue weighted by molar-refractivity contribution is 0.673. The number of hydrogen-bond donors (Lipinski definition) is 1. The van der Waals surface area contributed by atoms with E-state index in [0.717, 1.165) is 24.8 Å². The second-order valence-corrected chi connectivity index (χ2v) is 4.01. The highest BCUT2D eigenvalue weighted by Crippen LogP contribution is 2.35. The third-order valence-electron chi connectivity index (χ3n) is 2.70. The van der Waals surface area contributed by atoms with Crippen LogP contribution in [-0.4, -0.2) is 11.0 Å². The number of nitrogens with two attached hydrogens (primary N) is 1. The van der Waals surface area contributed by atoms with Crippen molar-refractivity contribution in [2.75, 3.05) is 0 Å². The van der Waals surface area contributed by atoms with Crippen molar-refractivity contribution in [3.63, 3.8) is 0 Å². The average Bonchev–Trinajstić information content (AvgIpc) is 2.53. The van der Waals surface area contributed by atoms with Crippen molar-refractivity contribution in [3.05, 3.63) is 29.0 Å². The van der Waals surface area contributed by atoms with Gasteiger partial charge in [-0.3, -0.25) is 0 Å². The maximum Gasteiger partial charge on any atom is 0.132 e. The molecular weight excluding hydrogens is 184 g/mol. The van der Waals surface area contributed by atoms with E-state index in [4.69, 9.17) is 17.3 Å². The zero-order valence-electron chi connectivity index (χ0n) is 7.41. The number of aromatic nitrogens is 1. The second-order valence-electron chi connectivity index (χ2n) is 3.65. The monoisotopic (exact) mass is 196 g/mol. The topological polar surface area (TPSA) is 38.9 Å². The SMILES string of the molecule is NC1CCC(c2cccnc2Cl)C1. The first-order valence-corrected chi connectivity index (χ1v) is 5.01. The summed E-state index contributed by atoms with van der Waals surface area (Å²) in [6.07, 6.45) is 5.02. The summed E-state index contributed by atoms with van der Waals surface area (Å²) in [6, 6.07) is 4.34. The molecule has 2 N–H and O–H groups in total. The Morgan fingerprint density at radius 3 is 2.92 bits per heavy atom. The summed E-state index contributed by atoms with van der Waals surface area (Å²) in [7, 11) is 0. The molecule has 0 spiro atoms. The molecular formula is C10H13ClN2. The van der Waals surface area contributed by atoms with Gasteiger partial charge in [-0.15, -0.1) is 0 Å². The molecule has 2 rings (SSSR count). The molecule has 1 aromatic heterocycles. The van der Waals surface area contributed by atoms with Gasteiger partial charge in [0.2, 0.25) is 0 Å². The van der Waals surface area contributed by atoms with E-state index in [2.05, 4.69) is 11.1 Å². The maximum absolute atomic E-state index is 6.00. The second kappa shape index (κ2) is 3.64. The summed E-state index contributed by atoms with van der Waals surface area (Å²) in [5.41, 5.74) is 7.01. The number of nitrogens with zero attached hydrogens (tertiary/aromatic N) is 1. The van der Waals surface area contributed by atoms with Gasteiger partial charge in [0.15, 0.2) is 0 Å². The highest BCUT2D eigenvalue weighted by Gasteiger charge is 2.24. The first kappa shape index (κ1) is 8.97. The lowest BCUT2D eigenvalue weighted by atomic mass is 9.99. The molecule has 2 nitrogen and oxygen atoms in total. The van der Waals surface area contributed by atoms with Crippen LogP contribution in [0.5, 0.6) is 0 Å². The van der Waals surface area contributed by atoms with Crippen molar-refractivity contribution in [1.82, 2.24) is 4.98 Å². The molecule has 0 aliphatic heterocycles. The Bertz CT molecular complexity index is 301. The van der Waals surface area contributed by atoms with Gasteiger partial charge in [-0.25, -0.2) is 4.98 Å². The molecule has 1 aliphatic carbocycles. The van der Waals surface area contributed by atoms with Gasteiger partial charge in [0.05, 0.1) is 0 Å². The number of halogens is 1. The van der Waals surface area contributed by atoms with Gasteiger partial charge in [-0.2, -0.15) is 0 Å². The van der Waals surface area contributed by atoms with Crippen LogP contribution in [0.1, 0.15) is 30.7 Å². The van der Waals surface area contributed by atoms with Gasteiger partial charge < -0.3 is 5.73 Å². The Labute approximate surface area is 83.1 Å². The molecule has 2 unspecified atom stereocenters. The fraction of sp³-hybridized carbons (Fsp3) is 0.500. The zero-order chi connectivity index (χ0) is 9.26. The minimum Gasteiger partial charge on any atom is -0.328 e. The van der Waals surface area contributed by atoms with Crippen molar-refractivity contribution in [2.24, 2.45) is 5.73 Å². The van der Waals surface area contributed by atoms with Gasteiger partial charge in [0, 0.05) is 12.2 Å². The summed E-state index contributed by atoms with van der Waals surface area (Å²) < 4.78 is 0. The Morgan fingerprint density at radius 2 is 2.31 bits per heavy atom. The van der Waals surface area contributed by atoms with Crippen molar-refractivity contribution in [2.45, 2.75) is 31.2 Å². The normalized spacial score (nSPS) is 27.8. The van der Waals surface area contributed by atoms with E-state index in [1.54, 1.807) is 6.20 Å². The molecule has 0 aromatic carbocycles. The summed E-state index contributed by atoms with van der Waals surface area (Å²) in [5.74, 6) is 0.524. The van der Waals surface area contributed by atoms with E-state index in [9.17, 15) is 0 Å². The Kier molecular flexibility index (Phi) is 2.51. The summed E-state index contributed by atoms with van der Waals surface area (Å²) >= 11 is 6.00. The van der Waals surface area contributed by atoms with Gasteiger partial charge in [-0.05, 0) is 36.8 Å². The highest BCUT2D eigenvalue weighted by molar-refractivity contribution is 6.30. The van der Waals surface area contributed by atoms with Crippen LogP contribution >= 0.6 is 11.6 Å². The van der Waals surface area contributed by atoms with E-state index in [0.29, 0.717) is 17.1 Å². The van der Waals surface area contributed by atoms with Crippen molar-refractivity contribution >= 4 is 11.6 Å². The Morgan fingerprint density at radius 1 is 1.46 bits per heavy atom. The standard InChI is InChI=1S/C10H13ClN2/c11-10-9(2-1-5-13-10)7-3-4-8(12)6-7/h1-2,5,7-8H,3-4,6,12H2. The molecule has 2 atom stereocenters. The molecule has 3 heteroatoms. The van der Waals surface area contributed by atoms with Gasteiger partial charge >= 0.3 is 0 Å². The van der Waals surface area contributed by atoms with E-state index in [1.807, 2.05) is 6.07 Å². The molecule has 0 amide bonds. The number of rotatable bonds is 1. The average molecular weight is 197 g/mol. The van der Waals surface area contributed by atoms with Crippen molar-refractivity contribution in [1.29, 1.82) is 0 Å². The van der Waals surface area contributed by atoms with Crippen LogP contribution in [0, 0.1) is 0 Å². The molecule has 1 aliphatic rings. The largest absolute Gasteiger partial charge is 0.328 e.